The number of halogens is 2. The first kappa shape index (κ1) is 9.65. The highest BCUT2D eigenvalue weighted by Gasteiger charge is 2.17. The van der Waals surface area contributed by atoms with Crippen molar-refractivity contribution in [3.8, 4) is 6.07 Å². The fourth-order valence-corrected chi connectivity index (χ4v) is 1.36. The van der Waals surface area contributed by atoms with E-state index in [0.717, 1.165) is 4.40 Å². The zero-order valence-corrected chi connectivity index (χ0v) is 7.48. The second kappa shape index (κ2) is 3.35. The van der Waals surface area contributed by atoms with Gasteiger partial charge in [0.15, 0.2) is 11.5 Å². The van der Waals surface area contributed by atoms with Crippen LogP contribution in [0.2, 0.25) is 0 Å². The maximum Gasteiger partial charge on any atom is 0.295 e. The number of imidazole rings is 1. The van der Waals surface area contributed by atoms with Crippen LogP contribution in [0.15, 0.2) is 18.3 Å². The summed E-state index contributed by atoms with van der Waals surface area (Å²) in [6.07, 6.45) is -1.41. The Morgan fingerprint density at radius 3 is 2.80 bits per heavy atom. The normalized spacial score (nSPS) is 10.8. The number of hydrogen-bond acceptors (Lipinski definition) is 2. The molecule has 0 aliphatic carbocycles. The number of hydrogen-bond donors (Lipinski definition) is 0. The number of fused-ring (bicyclic) bond motifs is 1. The van der Waals surface area contributed by atoms with Gasteiger partial charge in [0.25, 0.3) is 6.43 Å². The molecule has 0 fully saturated rings. The van der Waals surface area contributed by atoms with Crippen molar-refractivity contribution in [2.24, 2.45) is 0 Å². The summed E-state index contributed by atoms with van der Waals surface area (Å²) in [6.45, 7) is 0. The molecule has 0 spiro atoms. The summed E-state index contributed by atoms with van der Waals surface area (Å²) in [6, 6.07) is 4.79. The zero-order chi connectivity index (χ0) is 11.0. The monoisotopic (exact) mass is 203 g/mol. The second-order valence-electron chi connectivity index (χ2n) is 2.95. The number of pyridine rings is 1. The lowest BCUT2D eigenvalue weighted by molar-refractivity contribution is 0.139. The molecule has 3 nitrogen and oxygen atoms in total. The van der Waals surface area contributed by atoms with Crippen LogP contribution in [0.4, 0.5) is 8.78 Å². The van der Waals surface area contributed by atoms with E-state index in [2.05, 4.69) is 4.98 Å². The van der Waals surface area contributed by atoms with E-state index in [9.17, 15) is 8.78 Å². The minimum atomic E-state index is -2.73. The molecule has 6 heteroatoms. The fourth-order valence-electron chi connectivity index (χ4n) is 1.36. The van der Waals surface area contributed by atoms with Gasteiger partial charge in [-0.05, 0) is 6.07 Å². The standard InChI is InChI=1S/C9H4BF2N3/c10-5-1-2-7-6(3-13)14-9(8(11)12)15(7)4-5/h1-2,4,8H. The van der Waals surface area contributed by atoms with Gasteiger partial charge in [-0.25, -0.2) is 13.8 Å². The van der Waals surface area contributed by atoms with Crippen LogP contribution in [0.5, 0.6) is 0 Å². The Hall–Kier alpha value is -1.90. The van der Waals surface area contributed by atoms with Gasteiger partial charge in [-0.3, -0.25) is 4.40 Å². The molecule has 0 saturated heterocycles. The molecule has 72 valence electrons. The van der Waals surface area contributed by atoms with E-state index >= 15 is 0 Å². The summed E-state index contributed by atoms with van der Waals surface area (Å²) in [4.78, 5) is 3.54. The van der Waals surface area contributed by atoms with Crippen molar-refractivity contribution in [3.63, 3.8) is 0 Å². The Morgan fingerprint density at radius 1 is 1.47 bits per heavy atom. The molecule has 2 rings (SSSR count). The Kier molecular flexibility index (Phi) is 2.16. The van der Waals surface area contributed by atoms with E-state index in [0.29, 0.717) is 11.0 Å². The van der Waals surface area contributed by atoms with E-state index < -0.39 is 12.2 Å². The van der Waals surface area contributed by atoms with E-state index in [1.54, 1.807) is 6.07 Å². The molecule has 2 radical (unpaired) electrons. The quantitative estimate of drug-likeness (QED) is 0.647. The second-order valence-corrected chi connectivity index (χ2v) is 2.95. The molecule has 0 atom stereocenters. The number of rotatable bonds is 1. The molecule has 2 heterocycles. The molecule has 0 amide bonds. The molecule has 0 aliphatic rings. The molecule has 2 aromatic heterocycles. The average molecular weight is 203 g/mol. The lowest BCUT2D eigenvalue weighted by atomic mass is 9.99. The Labute approximate surface area is 85.4 Å². The van der Waals surface area contributed by atoms with Crippen LogP contribution in [-0.4, -0.2) is 17.2 Å². The third-order valence-corrected chi connectivity index (χ3v) is 1.99. The summed E-state index contributed by atoms with van der Waals surface area (Å²) in [5.74, 6) is -0.464. The van der Waals surface area contributed by atoms with Crippen LogP contribution in [0.25, 0.3) is 5.52 Å². The van der Waals surface area contributed by atoms with Gasteiger partial charge in [0.05, 0.1) is 5.52 Å². The van der Waals surface area contributed by atoms with E-state index in [4.69, 9.17) is 13.1 Å². The van der Waals surface area contributed by atoms with Crippen LogP contribution >= 0.6 is 0 Å². The van der Waals surface area contributed by atoms with Gasteiger partial charge in [0.1, 0.15) is 13.9 Å². The summed E-state index contributed by atoms with van der Waals surface area (Å²) < 4.78 is 26.2. The van der Waals surface area contributed by atoms with E-state index in [-0.39, 0.29) is 5.69 Å². The van der Waals surface area contributed by atoms with Gasteiger partial charge in [0.2, 0.25) is 0 Å². The van der Waals surface area contributed by atoms with Gasteiger partial charge in [-0.2, -0.15) is 5.26 Å². The van der Waals surface area contributed by atoms with Crippen molar-refractivity contribution < 1.29 is 8.78 Å². The Bertz CT molecular complexity index is 556. The van der Waals surface area contributed by atoms with Crippen LogP contribution in [0, 0.1) is 11.3 Å². The SMILES string of the molecule is [B]c1ccc2c(C#N)nc(C(F)F)n2c1. The maximum absolute atomic E-state index is 12.5. The molecule has 15 heavy (non-hydrogen) atoms. The van der Waals surface area contributed by atoms with Crippen molar-refractivity contribution in [2.75, 3.05) is 0 Å². The topological polar surface area (TPSA) is 41.1 Å². The lowest BCUT2D eigenvalue weighted by Gasteiger charge is -2.00. The van der Waals surface area contributed by atoms with Crippen LogP contribution in [0.3, 0.4) is 0 Å². The number of alkyl halides is 2. The first-order valence-electron chi connectivity index (χ1n) is 4.09. The smallest absolute Gasteiger partial charge is 0.295 e. The van der Waals surface area contributed by atoms with Gasteiger partial charge in [0, 0.05) is 6.20 Å². The van der Waals surface area contributed by atoms with Gasteiger partial charge < -0.3 is 0 Å². The highest BCUT2D eigenvalue weighted by atomic mass is 19.3. The first-order valence-corrected chi connectivity index (χ1v) is 4.09. The molecule has 0 unspecified atom stereocenters. The highest BCUT2D eigenvalue weighted by molar-refractivity contribution is 6.32. The number of aromatic nitrogens is 2. The summed E-state index contributed by atoms with van der Waals surface area (Å²) >= 11 is 0. The van der Waals surface area contributed by atoms with Gasteiger partial charge >= 0.3 is 0 Å². The fraction of sp³-hybridized carbons (Fsp3) is 0.111. The minimum absolute atomic E-state index is 0.0229. The average Bonchev–Trinajstić information content (AvgIpc) is 2.55. The minimum Gasteiger partial charge on any atom is -0.298 e. The molecular formula is C9H4BF2N3. The molecule has 0 N–H and O–H groups in total. The first-order chi connectivity index (χ1) is 7.13. The van der Waals surface area contributed by atoms with Gasteiger partial charge in [-0.1, -0.05) is 11.5 Å². The van der Waals surface area contributed by atoms with Crippen molar-refractivity contribution in [1.29, 1.82) is 5.26 Å². The van der Waals surface area contributed by atoms with Gasteiger partial charge in [-0.15, -0.1) is 0 Å². The molecule has 0 saturated carbocycles. The van der Waals surface area contributed by atoms with Crippen molar-refractivity contribution in [3.05, 3.63) is 29.8 Å². The number of nitriles is 1. The Morgan fingerprint density at radius 2 is 2.20 bits per heavy atom. The summed E-state index contributed by atoms with van der Waals surface area (Å²) in [5.41, 5.74) is 0.651. The van der Waals surface area contributed by atoms with E-state index in [1.165, 1.54) is 18.3 Å². The maximum atomic E-state index is 12.5. The predicted octanol–water partition coefficient (Wildman–Crippen LogP) is 0.937. The molecule has 0 bridgehead atoms. The summed E-state index contributed by atoms with van der Waals surface area (Å²) in [7, 11) is 5.47. The number of nitrogens with zero attached hydrogens (tertiary/aromatic N) is 3. The van der Waals surface area contributed by atoms with E-state index in [1.807, 2.05) is 0 Å². The largest absolute Gasteiger partial charge is 0.298 e. The zero-order valence-electron chi connectivity index (χ0n) is 7.48. The van der Waals surface area contributed by atoms with Crippen LogP contribution in [-0.2, 0) is 0 Å². The molecule has 2 aromatic rings. The molecule has 0 aliphatic heterocycles. The highest BCUT2D eigenvalue weighted by Crippen LogP contribution is 2.20. The van der Waals surface area contributed by atoms with Crippen molar-refractivity contribution in [1.82, 2.24) is 9.38 Å². The molecule has 0 aromatic carbocycles. The molecular weight excluding hydrogens is 199 g/mol. The van der Waals surface area contributed by atoms with Crippen molar-refractivity contribution >= 4 is 18.8 Å². The third-order valence-electron chi connectivity index (χ3n) is 1.99. The lowest BCUT2D eigenvalue weighted by Crippen LogP contribution is -2.06. The summed E-state index contributed by atoms with van der Waals surface area (Å²) in [5, 5.41) is 8.70. The third kappa shape index (κ3) is 1.46. The van der Waals surface area contributed by atoms with Crippen LogP contribution < -0.4 is 5.46 Å². The van der Waals surface area contributed by atoms with Crippen LogP contribution in [0.1, 0.15) is 17.9 Å². The van der Waals surface area contributed by atoms with Crippen molar-refractivity contribution in [2.45, 2.75) is 6.43 Å². The Balaban J connectivity index is 2.83. The predicted molar refractivity (Wildman–Crippen MR) is 50.3 cm³/mol.